The minimum atomic E-state index is -4.65. The summed E-state index contributed by atoms with van der Waals surface area (Å²) in [6, 6.07) is 13.2. The Bertz CT molecular complexity index is 1460. The number of hydrogen-bond acceptors (Lipinski definition) is 2. The predicted molar refractivity (Wildman–Crippen MR) is 124 cm³/mol. The van der Waals surface area contributed by atoms with Gasteiger partial charge in [0.25, 0.3) is 0 Å². The summed E-state index contributed by atoms with van der Waals surface area (Å²) < 4.78 is 75.2. The number of rotatable bonds is 6. The van der Waals surface area contributed by atoms with E-state index in [4.69, 9.17) is 16.3 Å². The van der Waals surface area contributed by atoms with Crippen LogP contribution in [-0.2, 0) is 12.8 Å². The Morgan fingerprint density at radius 3 is 2.42 bits per heavy atom. The number of carboxylic acid groups (broad SMARTS) is 1. The van der Waals surface area contributed by atoms with E-state index >= 15 is 0 Å². The van der Waals surface area contributed by atoms with Gasteiger partial charge in [-0.05, 0) is 67.6 Å². The number of benzene rings is 3. The van der Waals surface area contributed by atoms with E-state index in [1.54, 1.807) is 23.6 Å². The highest BCUT2D eigenvalue weighted by Crippen LogP contribution is 2.39. The van der Waals surface area contributed by atoms with Crippen molar-refractivity contribution in [2.24, 2.45) is 0 Å². The smallest absolute Gasteiger partial charge is 0.416 e. The summed E-state index contributed by atoms with van der Waals surface area (Å²) in [5.74, 6) is -2.88. The fourth-order valence-corrected chi connectivity index (χ4v) is 3.93. The molecule has 1 N–H and O–H groups in total. The van der Waals surface area contributed by atoms with Crippen molar-refractivity contribution in [3.8, 4) is 22.7 Å². The lowest BCUT2D eigenvalue weighted by Crippen LogP contribution is -2.08. The van der Waals surface area contributed by atoms with E-state index in [1.807, 2.05) is 0 Å². The normalized spacial score (nSPS) is 11.5. The zero-order valence-electron chi connectivity index (χ0n) is 18.5. The van der Waals surface area contributed by atoms with Gasteiger partial charge in [-0.3, -0.25) is 0 Å². The van der Waals surface area contributed by atoms with Crippen LogP contribution in [0.4, 0.5) is 22.0 Å². The quantitative estimate of drug-likeness (QED) is 0.265. The summed E-state index contributed by atoms with van der Waals surface area (Å²) in [5.41, 5.74) is 0.140. The molecule has 4 nitrogen and oxygen atoms in total. The average molecular weight is 522 g/mol. The Kier molecular flexibility index (Phi) is 6.77. The molecule has 0 fully saturated rings. The third-order valence-electron chi connectivity index (χ3n) is 5.50. The van der Waals surface area contributed by atoms with E-state index in [9.17, 15) is 31.9 Å². The van der Waals surface area contributed by atoms with Gasteiger partial charge in [0.15, 0.2) is 0 Å². The molecule has 0 amide bonds. The molecule has 0 saturated carbocycles. The number of carbonyl (C=O) groups is 1. The number of aromatic nitrogens is 1. The zero-order valence-corrected chi connectivity index (χ0v) is 19.3. The van der Waals surface area contributed by atoms with Crippen molar-refractivity contribution in [3.05, 3.63) is 106 Å². The Balaban J connectivity index is 1.84. The van der Waals surface area contributed by atoms with Gasteiger partial charge in [-0.2, -0.15) is 13.2 Å². The number of ether oxygens (including phenoxy) is 1. The fraction of sp³-hybridized carbons (Fsp3) is 0.115. The predicted octanol–water partition coefficient (Wildman–Crippen LogP) is 7.68. The fourth-order valence-electron chi connectivity index (χ4n) is 3.73. The lowest BCUT2D eigenvalue weighted by atomic mass is 10.1. The van der Waals surface area contributed by atoms with E-state index in [0.717, 1.165) is 24.3 Å². The molecular weight excluding hydrogens is 505 g/mol. The second kappa shape index (κ2) is 9.66. The number of aromatic carboxylic acids is 1. The van der Waals surface area contributed by atoms with Crippen molar-refractivity contribution in [3.63, 3.8) is 0 Å². The highest BCUT2D eigenvalue weighted by Gasteiger charge is 2.32. The molecule has 10 heteroatoms. The molecular formula is C26H17ClF5NO3. The number of nitrogens with zero attached hydrogens (tertiary/aromatic N) is 1. The minimum Gasteiger partial charge on any atom is -0.488 e. The van der Waals surface area contributed by atoms with Crippen LogP contribution in [0.3, 0.4) is 0 Å². The van der Waals surface area contributed by atoms with E-state index < -0.39 is 29.3 Å². The minimum absolute atomic E-state index is 0.00187. The van der Waals surface area contributed by atoms with Crippen LogP contribution in [0.15, 0.2) is 66.7 Å². The van der Waals surface area contributed by atoms with Gasteiger partial charge in [0, 0.05) is 28.6 Å². The molecule has 1 heterocycles. The zero-order chi connectivity index (χ0) is 26.2. The van der Waals surface area contributed by atoms with Crippen LogP contribution < -0.4 is 4.74 Å². The number of halogens is 6. The summed E-state index contributed by atoms with van der Waals surface area (Å²) in [4.78, 5) is 11.6. The SMILES string of the molecule is Cc1ccc(-c2cc(C(F)(F)F)ccc2OCc2ccc(F)cc2F)n1-c1ccc(Cl)c(C(=O)O)c1. The summed E-state index contributed by atoms with van der Waals surface area (Å²) in [6.45, 7) is 1.33. The highest BCUT2D eigenvalue weighted by atomic mass is 35.5. The second-order valence-corrected chi connectivity index (χ2v) is 8.30. The standard InChI is InChI=1S/C26H17ClF5NO3/c1-14-2-8-23(33(14)18-6-7-21(27)19(12-18)25(34)35)20-10-16(26(30,31)32)4-9-24(20)36-13-15-3-5-17(28)11-22(15)29/h2-12H,13H2,1H3,(H,34,35). The monoisotopic (exact) mass is 521 g/mol. The Labute approximate surface area is 207 Å². The molecule has 0 radical (unpaired) electrons. The van der Waals surface area contributed by atoms with Crippen molar-refractivity contribution in [2.75, 3.05) is 0 Å². The van der Waals surface area contributed by atoms with Crippen LogP contribution in [0.2, 0.25) is 5.02 Å². The van der Waals surface area contributed by atoms with Gasteiger partial charge in [0.2, 0.25) is 0 Å². The average Bonchev–Trinajstić information content (AvgIpc) is 3.19. The third-order valence-corrected chi connectivity index (χ3v) is 5.83. The molecule has 0 aliphatic heterocycles. The van der Waals surface area contributed by atoms with Crippen molar-refractivity contribution in [1.82, 2.24) is 4.57 Å². The largest absolute Gasteiger partial charge is 0.488 e. The second-order valence-electron chi connectivity index (χ2n) is 7.90. The molecule has 0 spiro atoms. The van der Waals surface area contributed by atoms with E-state index in [2.05, 4.69) is 0 Å². The summed E-state index contributed by atoms with van der Waals surface area (Å²) in [5, 5.41) is 9.44. The molecule has 36 heavy (non-hydrogen) atoms. The molecule has 0 bridgehead atoms. The van der Waals surface area contributed by atoms with Crippen LogP contribution in [0, 0.1) is 18.6 Å². The maximum atomic E-state index is 14.1. The molecule has 186 valence electrons. The Morgan fingerprint density at radius 1 is 1.00 bits per heavy atom. The molecule has 3 aromatic carbocycles. The maximum absolute atomic E-state index is 14.1. The Morgan fingerprint density at radius 2 is 1.75 bits per heavy atom. The van der Waals surface area contributed by atoms with Crippen molar-refractivity contribution in [2.45, 2.75) is 19.7 Å². The first-order chi connectivity index (χ1) is 17.0. The van der Waals surface area contributed by atoms with Crippen LogP contribution >= 0.6 is 11.6 Å². The maximum Gasteiger partial charge on any atom is 0.416 e. The first kappa shape index (κ1) is 25.2. The molecule has 0 unspecified atom stereocenters. The first-order valence-electron chi connectivity index (χ1n) is 10.5. The topological polar surface area (TPSA) is 51.5 Å². The van der Waals surface area contributed by atoms with Crippen molar-refractivity contribution in [1.29, 1.82) is 0 Å². The van der Waals surface area contributed by atoms with Crippen molar-refractivity contribution < 1.29 is 36.6 Å². The van der Waals surface area contributed by atoms with Crippen molar-refractivity contribution >= 4 is 17.6 Å². The highest BCUT2D eigenvalue weighted by molar-refractivity contribution is 6.33. The van der Waals surface area contributed by atoms with Crippen LogP contribution in [0.1, 0.15) is 27.2 Å². The van der Waals surface area contributed by atoms with Crippen LogP contribution in [-0.4, -0.2) is 15.6 Å². The molecule has 1 aromatic heterocycles. The van der Waals surface area contributed by atoms with Gasteiger partial charge < -0.3 is 14.4 Å². The number of hydrogen-bond donors (Lipinski definition) is 1. The molecule has 0 atom stereocenters. The van der Waals surface area contributed by atoms with Crippen LogP contribution in [0.5, 0.6) is 5.75 Å². The summed E-state index contributed by atoms with van der Waals surface area (Å²) >= 11 is 5.98. The van der Waals surface area contributed by atoms with Gasteiger partial charge in [0.1, 0.15) is 24.0 Å². The molecule has 4 aromatic rings. The Hall–Kier alpha value is -3.85. The van der Waals surface area contributed by atoms with Gasteiger partial charge in [0.05, 0.1) is 21.8 Å². The summed E-state index contributed by atoms with van der Waals surface area (Å²) in [7, 11) is 0. The molecule has 0 saturated heterocycles. The lowest BCUT2D eigenvalue weighted by Gasteiger charge is -2.18. The number of alkyl halides is 3. The summed E-state index contributed by atoms with van der Waals surface area (Å²) in [6.07, 6.45) is -4.65. The van der Waals surface area contributed by atoms with Gasteiger partial charge in [-0.15, -0.1) is 0 Å². The number of carboxylic acids is 1. The van der Waals surface area contributed by atoms with Gasteiger partial charge in [-0.1, -0.05) is 11.6 Å². The molecule has 4 rings (SSSR count). The molecule has 0 aliphatic rings. The van der Waals surface area contributed by atoms with E-state index in [1.165, 1.54) is 24.3 Å². The number of aryl methyl sites for hydroxylation is 1. The van der Waals surface area contributed by atoms with Crippen LogP contribution in [0.25, 0.3) is 16.9 Å². The third kappa shape index (κ3) is 5.06. The van der Waals surface area contributed by atoms with E-state index in [-0.39, 0.29) is 39.8 Å². The first-order valence-corrected chi connectivity index (χ1v) is 10.8. The lowest BCUT2D eigenvalue weighted by molar-refractivity contribution is -0.137. The van der Waals surface area contributed by atoms with Gasteiger partial charge >= 0.3 is 12.1 Å². The van der Waals surface area contributed by atoms with E-state index in [0.29, 0.717) is 17.4 Å². The molecule has 0 aliphatic carbocycles. The van der Waals surface area contributed by atoms with Gasteiger partial charge in [-0.25, -0.2) is 13.6 Å².